The lowest BCUT2D eigenvalue weighted by atomic mass is 9.97. The number of carbonyl (C=O) groups is 1. The fourth-order valence-corrected chi connectivity index (χ4v) is 2.06. The van der Waals surface area contributed by atoms with Crippen molar-refractivity contribution in [2.75, 3.05) is 0 Å². The molecule has 2 saturated carbocycles. The molecule has 0 aromatic heterocycles. The van der Waals surface area contributed by atoms with Gasteiger partial charge in [0.05, 0.1) is 5.54 Å². The number of hydrogen-bond donors (Lipinski definition) is 2. The summed E-state index contributed by atoms with van der Waals surface area (Å²) in [5.41, 5.74) is 5.08. The topological polar surface area (TPSA) is 55.1 Å². The van der Waals surface area contributed by atoms with Crippen molar-refractivity contribution in [3.63, 3.8) is 0 Å². The first-order valence-corrected chi connectivity index (χ1v) is 4.81. The number of carbonyl (C=O) groups excluding carboxylic acids is 1. The quantitative estimate of drug-likeness (QED) is 0.646. The fraction of sp³-hybridized carbons (Fsp3) is 0.889. The zero-order valence-electron chi connectivity index (χ0n) is 7.31. The van der Waals surface area contributed by atoms with Gasteiger partial charge in [-0.15, -0.1) is 0 Å². The highest BCUT2D eigenvalue weighted by atomic mass is 16.1. The first-order valence-electron chi connectivity index (χ1n) is 4.81. The standard InChI is InChI=1S/C9H16N2O/c10-8(12)9(5-1-2-6-9)11-7-3-4-7/h7,11H,1-6H2,(H2,10,12). The van der Waals surface area contributed by atoms with E-state index in [1.807, 2.05) is 0 Å². The third kappa shape index (κ3) is 1.33. The number of hydrogen-bond acceptors (Lipinski definition) is 2. The third-order valence-electron chi connectivity index (χ3n) is 2.99. The van der Waals surface area contributed by atoms with E-state index in [0.29, 0.717) is 6.04 Å². The summed E-state index contributed by atoms with van der Waals surface area (Å²) < 4.78 is 0. The van der Waals surface area contributed by atoms with Gasteiger partial charge in [-0.3, -0.25) is 4.79 Å². The predicted molar refractivity (Wildman–Crippen MR) is 46.6 cm³/mol. The summed E-state index contributed by atoms with van der Waals surface area (Å²) in [6.07, 6.45) is 6.60. The minimum Gasteiger partial charge on any atom is -0.368 e. The van der Waals surface area contributed by atoms with E-state index in [0.717, 1.165) is 25.7 Å². The first kappa shape index (κ1) is 8.05. The number of amides is 1. The Morgan fingerprint density at radius 2 is 1.92 bits per heavy atom. The van der Waals surface area contributed by atoms with Gasteiger partial charge in [0.1, 0.15) is 0 Å². The number of rotatable bonds is 3. The number of primary amides is 1. The summed E-state index contributed by atoms with van der Waals surface area (Å²) in [6, 6.07) is 0.579. The largest absolute Gasteiger partial charge is 0.368 e. The van der Waals surface area contributed by atoms with Crippen LogP contribution in [0.1, 0.15) is 38.5 Å². The lowest BCUT2D eigenvalue weighted by Crippen LogP contribution is -2.54. The molecule has 0 aromatic carbocycles. The van der Waals surface area contributed by atoms with E-state index in [1.54, 1.807) is 0 Å². The molecule has 2 rings (SSSR count). The van der Waals surface area contributed by atoms with E-state index >= 15 is 0 Å². The highest BCUT2D eigenvalue weighted by molar-refractivity contribution is 5.85. The van der Waals surface area contributed by atoms with E-state index in [4.69, 9.17) is 5.73 Å². The molecule has 2 fully saturated rings. The van der Waals surface area contributed by atoms with Gasteiger partial charge in [0.2, 0.25) is 5.91 Å². The fourth-order valence-electron chi connectivity index (χ4n) is 2.06. The van der Waals surface area contributed by atoms with E-state index in [-0.39, 0.29) is 11.4 Å². The Morgan fingerprint density at radius 3 is 2.33 bits per heavy atom. The van der Waals surface area contributed by atoms with Crippen molar-refractivity contribution in [1.29, 1.82) is 0 Å². The van der Waals surface area contributed by atoms with Gasteiger partial charge in [0, 0.05) is 6.04 Å². The molecule has 3 N–H and O–H groups in total. The second kappa shape index (κ2) is 2.73. The molecule has 0 atom stereocenters. The van der Waals surface area contributed by atoms with Gasteiger partial charge in [-0.1, -0.05) is 12.8 Å². The Labute approximate surface area is 72.7 Å². The van der Waals surface area contributed by atoms with Crippen molar-refractivity contribution in [3.05, 3.63) is 0 Å². The molecule has 3 nitrogen and oxygen atoms in total. The minimum absolute atomic E-state index is 0.146. The van der Waals surface area contributed by atoms with E-state index in [9.17, 15) is 4.79 Å². The van der Waals surface area contributed by atoms with Gasteiger partial charge in [0.25, 0.3) is 0 Å². The van der Waals surface area contributed by atoms with Crippen LogP contribution in [0, 0.1) is 0 Å². The molecule has 3 heteroatoms. The average molecular weight is 168 g/mol. The Kier molecular flexibility index (Phi) is 1.83. The van der Waals surface area contributed by atoms with Gasteiger partial charge in [-0.2, -0.15) is 0 Å². The Balaban J connectivity index is 2.03. The SMILES string of the molecule is NC(=O)C1(NC2CC2)CCCC1. The van der Waals surface area contributed by atoms with Crippen molar-refractivity contribution in [2.45, 2.75) is 50.1 Å². The summed E-state index contributed by atoms with van der Waals surface area (Å²) in [4.78, 5) is 11.2. The van der Waals surface area contributed by atoms with Crippen LogP contribution in [0.25, 0.3) is 0 Å². The molecule has 68 valence electrons. The van der Waals surface area contributed by atoms with Gasteiger partial charge in [0.15, 0.2) is 0 Å². The molecule has 0 aliphatic heterocycles. The van der Waals surface area contributed by atoms with E-state index in [2.05, 4.69) is 5.32 Å². The zero-order valence-corrected chi connectivity index (χ0v) is 7.31. The number of nitrogens with two attached hydrogens (primary N) is 1. The van der Waals surface area contributed by atoms with Crippen molar-refractivity contribution in [3.8, 4) is 0 Å². The third-order valence-corrected chi connectivity index (χ3v) is 2.99. The Hall–Kier alpha value is -0.570. The van der Waals surface area contributed by atoms with Gasteiger partial charge in [-0.05, 0) is 25.7 Å². The molecule has 0 spiro atoms. The summed E-state index contributed by atoms with van der Waals surface area (Å²) in [5.74, 6) is -0.146. The van der Waals surface area contributed by atoms with Crippen LogP contribution >= 0.6 is 0 Å². The maximum Gasteiger partial charge on any atom is 0.237 e. The van der Waals surface area contributed by atoms with Crippen molar-refractivity contribution in [1.82, 2.24) is 5.32 Å². The molecule has 0 aromatic rings. The molecule has 0 unspecified atom stereocenters. The number of nitrogens with one attached hydrogen (secondary N) is 1. The normalized spacial score (nSPS) is 27.3. The van der Waals surface area contributed by atoms with Crippen LogP contribution in [-0.4, -0.2) is 17.5 Å². The van der Waals surface area contributed by atoms with Crippen molar-refractivity contribution < 1.29 is 4.79 Å². The lowest BCUT2D eigenvalue weighted by Gasteiger charge is -2.26. The van der Waals surface area contributed by atoms with Crippen molar-refractivity contribution >= 4 is 5.91 Å². The Morgan fingerprint density at radius 1 is 1.33 bits per heavy atom. The molecule has 0 radical (unpaired) electrons. The van der Waals surface area contributed by atoms with Crippen LogP contribution in [0.4, 0.5) is 0 Å². The van der Waals surface area contributed by atoms with Crippen LogP contribution in [0.2, 0.25) is 0 Å². The molecule has 2 aliphatic rings. The smallest absolute Gasteiger partial charge is 0.237 e. The maximum atomic E-state index is 11.2. The predicted octanol–water partition coefficient (Wildman–Crippen LogP) is 0.536. The molecule has 0 heterocycles. The monoisotopic (exact) mass is 168 g/mol. The highest BCUT2D eigenvalue weighted by Gasteiger charge is 2.42. The summed E-state index contributed by atoms with van der Waals surface area (Å²) >= 11 is 0. The van der Waals surface area contributed by atoms with Crippen LogP contribution in [0.15, 0.2) is 0 Å². The zero-order chi connectivity index (χ0) is 8.60. The molecule has 0 saturated heterocycles. The van der Waals surface area contributed by atoms with E-state index < -0.39 is 0 Å². The van der Waals surface area contributed by atoms with Crippen LogP contribution < -0.4 is 11.1 Å². The lowest BCUT2D eigenvalue weighted by molar-refractivity contribution is -0.124. The van der Waals surface area contributed by atoms with Gasteiger partial charge >= 0.3 is 0 Å². The van der Waals surface area contributed by atoms with Crippen LogP contribution in [0.3, 0.4) is 0 Å². The molecule has 1 amide bonds. The molecular weight excluding hydrogens is 152 g/mol. The average Bonchev–Trinajstić information content (AvgIpc) is 2.66. The Bertz CT molecular complexity index is 193. The maximum absolute atomic E-state index is 11.2. The van der Waals surface area contributed by atoms with Crippen LogP contribution in [-0.2, 0) is 4.79 Å². The molecular formula is C9H16N2O. The minimum atomic E-state index is -0.332. The van der Waals surface area contributed by atoms with Gasteiger partial charge < -0.3 is 11.1 Å². The summed E-state index contributed by atoms with van der Waals surface area (Å²) in [7, 11) is 0. The summed E-state index contributed by atoms with van der Waals surface area (Å²) in [6.45, 7) is 0. The molecule has 2 aliphatic carbocycles. The molecule has 12 heavy (non-hydrogen) atoms. The van der Waals surface area contributed by atoms with Crippen LogP contribution in [0.5, 0.6) is 0 Å². The van der Waals surface area contributed by atoms with Crippen molar-refractivity contribution in [2.24, 2.45) is 5.73 Å². The highest BCUT2D eigenvalue weighted by Crippen LogP contribution is 2.33. The van der Waals surface area contributed by atoms with E-state index in [1.165, 1.54) is 12.8 Å². The second-order valence-corrected chi connectivity index (χ2v) is 4.07. The second-order valence-electron chi connectivity index (χ2n) is 4.07. The summed E-state index contributed by atoms with van der Waals surface area (Å²) in [5, 5.41) is 3.39. The molecule has 0 bridgehead atoms. The first-order chi connectivity index (χ1) is 5.73. The van der Waals surface area contributed by atoms with Gasteiger partial charge in [-0.25, -0.2) is 0 Å².